The van der Waals surface area contributed by atoms with Crippen molar-refractivity contribution in [3.8, 4) is 0 Å². The van der Waals surface area contributed by atoms with Gasteiger partial charge in [-0.15, -0.1) is 11.8 Å². The minimum atomic E-state index is 0.236. The van der Waals surface area contributed by atoms with Crippen molar-refractivity contribution in [1.29, 1.82) is 0 Å². The highest BCUT2D eigenvalue weighted by Gasteiger charge is 1.84. The van der Waals surface area contributed by atoms with Crippen LogP contribution in [0.25, 0.3) is 0 Å². The molecule has 0 radical (unpaired) electrons. The Labute approximate surface area is 60.5 Å². The maximum atomic E-state index is 8.46. The van der Waals surface area contributed by atoms with Crippen molar-refractivity contribution in [2.75, 3.05) is 6.61 Å². The van der Waals surface area contributed by atoms with Gasteiger partial charge in [0.1, 0.15) is 0 Å². The minimum Gasteiger partial charge on any atom is -0.396 e. The molecule has 0 unspecified atom stereocenters. The molecule has 0 aromatic carbocycles. The summed E-state index contributed by atoms with van der Waals surface area (Å²) < 4.78 is 0. The van der Waals surface area contributed by atoms with E-state index in [0.717, 1.165) is 6.42 Å². The molecule has 0 rings (SSSR count). The van der Waals surface area contributed by atoms with Gasteiger partial charge in [-0.25, -0.2) is 0 Å². The van der Waals surface area contributed by atoms with Crippen LogP contribution in [0.3, 0.4) is 0 Å². The third kappa shape index (κ3) is 5.66. The fraction of sp³-hybridized carbons (Fsp3) is 0.429. The molecule has 0 amide bonds. The number of hydrogen-bond donors (Lipinski definition) is 1. The van der Waals surface area contributed by atoms with E-state index >= 15 is 0 Å². The Morgan fingerprint density at radius 3 is 2.89 bits per heavy atom. The van der Waals surface area contributed by atoms with Gasteiger partial charge in [-0.1, -0.05) is 12.2 Å². The largest absolute Gasteiger partial charge is 0.396 e. The first kappa shape index (κ1) is 8.79. The zero-order chi connectivity index (χ0) is 7.11. The third-order valence-electron chi connectivity index (χ3n) is 0.872. The quantitative estimate of drug-likeness (QED) is 0.652. The van der Waals surface area contributed by atoms with Crippen molar-refractivity contribution in [2.24, 2.45) is 0 Å². The van der Waals surface area contributed by atoms with Gasteiger partial charge in [0.25, 0.3) is 0 Å². The van der Waals surface area contributed by atoms with Crippen LogP contribution in [-0.2, 0) is 0 Å². The lowest BCUT2D eigenvalue weighted by atomic mass is 10.3. The van der Waals surface area contributed by atoms with E-state index in [4.69, 9.17) is 5.11 Å². The minimum absolute atomic E-state index is 0.236. The van der Waals surface area contributed by atoms with E-state index < -0.39 is 0 Å². The average molecular weight is 144 g/mol. The van der Waals surface area contributed by atoms with Crippen molar-refractivity contribution in [3.63, 3.8) is 0 Å². The molecule has 0 aliphatic rings. The lowest BCUT2D eigenvalue weighted by Gasteiger charge is -1.92. The molecule has 0 atom stereocenters. The van der Waals surface area contributed by atoms with Crippen molar-refractivity contribution in [1.82, 2.24) is 0 Å². The molecule has 0 fully saturated rings. The fourth-order valence-electron chi connectivity index (χ4n) is 0.400. The normalized spacial score (nSPS) is 11.6. The highest BCUT2D eigenvalue weighted by Crippen LogP contribution is 2.08. The van der Waals surface area contributed by atoms with Gasteiger partial charge in [-0.2, -0.15) is 0 Å². The van der Waals surface area contributed by atoms with Gasteiger partial charge in [-0.05, 0) is 24.2 Å². The first-order valence-corrected chi connectivity index (χ1v) is 3.78. The van der Waals surface area contributed by atoms with E-state index in [1.165, 1.54) is 5.57 Å². The van der Waals surface area contributed by atoms with Gasteiger partial charge in [-0.3, -0.25) is 0 Å². The van der Waals surface area contributed by atoms with Gasteiger partial charge in [0.2, 0.25) is 0 Å². The molecule has 1 N–H and O–H groups in total. The lowest BCUT2D eigenvalue weighted by Crippen LogP contribution is -1.81. The Balaban J connectivity index is 3.42. The monoisotopic (exact) mass is 144 g/mol. The second kappa shape index (κ2) is 5.92. The van der Waals surface area contributed by atoms with E-state index in [-0.39, 0.29) is 6.61 Å². The Hall–Kier alpha value is -0.210. The van der Waals surface area contributed by atoms with Gasteiger partial charge in [0.15, 0.2) is 0 Å². The second-order valence-corrected chi connectivity index (χ2v) is 2.58. The smallest absolute Gasteiger partial charge is 0.0468 e. The summed E-state index contributed by atoms with van der Waals surface area (Å²) >= 11 is 1.55. The predicted octanol–water partition coefficient (Wildman–Crippen LogP) is 2.15. The highest BCUT2D eigenvalue weighted by molar-refractivity contribution is 8.04. The molecule has 1 nitrogen and oxygen atoms in total. The molecule has 0 spiro atoms. The van der Waals surface area contributed by atoms with Crippen LogP contribution in [0.15, 0.2) is 23.0 Å². The Morgan fingerprint density at radius 2 is 2.44 bits per heavy atom. The standard InChI is InChI=1S/C7H12OS/c1-3-9-6-7(2)4-5-8/h3,6,8H,1,4-5H2,2H3/b7-6+. The van der Waals surface area contributed by atoms with Crippen molar-refractivity contribution in [2.45, 2.75) is 13.3 Å². The summed E-state index contributed by atoms with van der Waals surface area (Å²) in [7, 11) is 0. The van der Waals surface area contributed by atoms with E-state index in [1.54, 1.807) is 17.2 Å². The average Bonchev–Trinajstić information content (AvgIpc) is 1.85. The predicted molar refractivity (Wildman–Crippen MR) is 43.2 cm³/mol. The summed E-state index contributed by atoms with van der Waals surface area (Å²) in [6.45, 7) is 5.78. The molecule has 0 heterocycles. The topological polar surface area (TPSA) is 20.2 Å². The summed E-state index contributed by atoms with van der Waals surface area (Å²) in [5.74, 6) is 0. The first-order valence-electron chi connectivity index (χ1n) is 2.84. The maximum absolute atomic E-state index is 8.46. The molecule has 0 saturated carbocycles. The molecule has 2 heteroatoms. The Kier molecular flexibility index (Phi) is 5.78. The number of aliphatic hydroxyl groups is 1. The Morgan fingerprint density at radius 1 is 1.78 bits per heavy atom. The van der Waals surface area contributed by atoms with Gasteiger partial charge in [0.05, 0.1) is 0 Å². The Bertz CT molecular complexity index is 107. The van der Waals surface area contributed by atoms with Crippen LogP contribution in [0.4, 0.5) is 0 Å². The molecular weight excluding hydrogens is 132 g/mol. The van der Waals surface area contributed by atoms with E-state index in [9.17, 15) is 0 Å². The van der Waals surface area contributed by atoms with Crippen molar-refractivity contribution >= 4 is 11.8 Å². The van der Waals surface area contributed by atoms with Crippen LogP contribution >= 0.6 is 11.8 Å². The lowest BCUT2D eigenvalue weighted by molar-refractivity contribution is 0.299. The van der Waals surface area contributed by atoms with Crippen molar-refractivity contribution in [3.05, 3.63) is 23.0 Å². The number of aliphatic hydroxyl groups excluding tert-OH is 1. The molecule has 52 valence electrons. The number of hydrogen-bond acceptors (Lipinski definition) is 2. The van der Waals surface area contributed by atoms with Gasteiger partial charge >= 0.3 is 0 Å². The summed E-state index contributed by atoms with van der Waals surface area (Å²) in [6.07, 6.45) is 0.765. The molecule has 0 aromatic heterocycles. The molecular formula is C7H12OS. The van der Waals surface area contributed by atoms with Gasteiger partial charge in [0, 0.05) is 6.61 Å². The fourth-order valence-corrected chi connectivity index (χ4v) is 0.846. The zero-order valence-electron chi connectivity index (χ0n) is 5.63. The van der Waals surface area contributed by atoms with Crippen LogP contribution in [0.2, 0.25) is 0 Å². The molecule has 9 heavy (non-hydrogen) atoms. The van der Waals surface area contributed by atoms with Crippen LogP contribution in [-0.4, -0.2) is 11.7 Å². The SMILES string of the molecule is C=CS/C=C(\C)CCO. The molecule has 0 aromatic rings. The van der Waals surface area contributed by atoms with E-state index in [0.29, 0.717) is 0 Å². The molecule has 0 saturated heterocycles. The second-order valence-electron chi connectivity index (χ2n) is 1.74. The van der Waals surface area contributed by atoms with Crippen LogP contribution in [0.5, 0.6) is 0 Å². The zero-order valence-corrected chi connectivity index (χ0v) is 6.45. The summed E-state index contributed by atoms with van der Waals surface area (Å²) in [4.78, 5) is 0. The van der Waals surface area contributed by atoms with Crippen LogP contribution in [0.1, 0.15) is 13.3 Å². The molecule has 0 aliphatic heterocycles. The number of rotatable bonds is 4. The molecule has 0 aliphatic carbocycles. The number of thioether (sulfide) groups is 1. The highest BCUT2D eigenvalue weighted by atomic mass is 32.2. The van der Waals surface area contributed by atoms with Gasteiger partial charge < -0.3 is 5.11 Å². The maximum Gasteiger partial charge on any atom is 0.0468 e. The first-order chi connectivity index (χ1) is 4.31. The third-order valence-corrected chi connectivity index (χ3v) is 1.60. The molecule has 0 bridgehead atoms. The summed E-state index contributed by atoms with van der Waals surface area (Å²) in [6, 6.07) is 0. The van der Waals surface area contributed by atoms with Crippen molar-refractivity contribution < 1.29 is 5.11 Å². The summed E-state index contributed by atoms with van der Waals surface area (Å²) in [5.41, 5.74) is 1.20. The van der Waals surface area contributed by atoms with E-state index in [1.807, 2.05) is 12.3 Å². The summed E-state index contributed by atoms with van der Waals surface area (Å²) in [5, 5.41) is 12.2. The van der Waals surface area contributed by atoms with Crippen LogP contribution < -0.4 is 0 Å². The van der Waals surface area contributed by atoms with E-state index in [2.05, 4.69) is 6.58 Å². The van der Waals surface area contributed by atoms with Crippen LogP contribution in [0, 0.1) is 0 Å².